The van der Waals surface area contributed by atoms with Gasteiger partial charge in [-0.15, -0.1) is 16.8 Å². The van der Waals surface area contributed by atoms with Crippen LogP contribution in [-0.2, 0) is 16.5 Å². The zero-order chi connectivity index (χ0) is 30.3. The number of benzene rings is 3. The summed E-state index contributed by atoms with van der Waals surface area (Å²) in [7, 11) is 0. The van der Waals surface area contributed by atoms with E-state index in [1.165, 1.54) is 12.1 Å². The summed E-state index contributed by atoms with van der Waals surface area (Å²) in [6.07, 6.45) is 7.97. The van der Waals surface area contributed by atoms with Crippen molar-refractivity contribution in [3.63, 3.8) is 0 Å². The van der Waals surface area contributed by atoms with Gasteiger partial charge in [-0.05, 0) is 81.2 Å². The molecule has 0 saturated heterocycles. The molecule has 0 amide bonds. The maximum absolute atomic E-state index is 11.8. The minimum atomic E-state index is -0.0857. The molecule has 8 bridgehead atoms. The largest absolute Gasteiger partial charge is 2.00 e. The smallest absolute Gasteiger partial charge is 0.872 e. The van der Waals surface area contributed by atoms with Crippen molar-refractivity contribution in [2.45, 2.75) is 0 Å². The quantitative estimate of drug-likeness (QED) is 0.185. The third-order valence-electron chi connectivity index (χ3n) is 7.74. The topological polar surface area (TPSA) is 88.0 Å². The number of halogens is 1. The first kappa shape index (κ1) is 29.5. The van der Waals surface area contributed by atoms with E-state index in [2.05, 4.69) is 45.2 Å². The Morgan fingerprint density at radius 3 is 1.87 bits per heavy atom. The van der Waals surface area contributed by atoms with E-state index in [0.717, 1.165) is 65.9 Å². The standard InChI is InChI=1S/C38H24BrN4O2.Ni/c39-37-31-19-15-27(40-31)35(23-7-3-1-4-8-23)29-17-21-33(42-29)38(45-26-13-11-25(44)12-14-26)34-22-18-30(43-34)36(24-9-5-2-6-10-24)28-16-20-32(37)41-28;/h1-22H,(H2-,40,41,42,43,44);/q-1;+2/p-1. The van der Waals surface area contributed by atoms with Gasteiger partial charge in [-0.3, -0.25) is 0 Å². The summed E-state index contributed by atoms with van der Waals surface area (Å²) >= 11 is 3.80. The normalized spacial score (nSPS) is 11.8. The molecule has 8 rings (SSSR count). The van der Waals surface area contributed by atoms with E-state index < -0.39 is 0 Å². The molecule has 0 fully saturated rings. The van der Waals surface area contributed by atoms with Gasteiger partial charge in [0.2, 0.25) is 0 Å². The first-order valence-electron chi connectivity index (χ1n) is 14.4. The maximum atomic E-state index is 11.8. The van der Waals surface area contributed by atoms with Crippen LogP contribution in [0.2, 0.25) is 0 Å². The molecular formula is C38H23BrN4NiO2. The summed E-state index contributed by atoms with van der Waals surface area (Å²) in [5, 5.41) is 11.8. The van der Waals surface area contributed by atoms with Crippen LogP contribution in [0.1, 0.15) is 22.8 Å². The molecule has 0 aliphatic carbocycles. The summed E-state index contributed by atoms with van der Waals surface area (Å²) in [4.78, 5) is 18.8. The number of rotatable bonds is 4. The summed E-state index contributed by atoms with van der Waals surface area (Å²) in [5.74, 6) is 0.975. The predicted octanol–water partition coefficient (Wildman–Crippen LogP) is 9.24. The molecular weight excluding hydrogens is 683 g/mol. The molecule has 2 aliphatic heterocycles. The number of hydrogen-bond donors (Lipinski definition) is 1. The molecule has 0 atom stereocenters. The monoisotopic (exact) mass is 704 g/mol. The van der Waals surface area contributed by atoms with Crippen LogP contribution < -0.4 is 14.8 Å². The van der Waals surface area contributed by atoms with E-state index in [-0.39, 0.29) is 22.2 Å². The van der Waals surface area contributed by atoms with Crippen molar-refractivity contribution < 1.29 is 26.3 Å². The van der Waals surface area contributed by atoms with Crippen molar-refractivity contribution >= 4 is 62.3 Å². The van der Waals surface area contributed by atoms with Crippen molar-refractivity contribution in [1.82, 2.24) is 19.9 Å². The average molecular weight is 706 g/mol. The second kappa shape index (κ2) is 12.3. The van der Waals surface area contributed by atoms with Crippen LogP contribution in [0.4, 0.5) is 0 Å². The van der Waals surface area contributed by atoms with Crippen molar-refractivity contribution in [3.8, 4) is 39.5 Å². The second-order valence-electron chi connectivity index (χ2n) is 10.6. The number of aromatic nitrogens is 4. The van der Waals surface area contributed by atoms with E-state index in [1.54, 1.807) is 12.1 Å². The van der Waals surface area contributed by atoms with E-state index in [9.17, 15) is 5.11 Å². The minimum Gasteiger partial charge on any atom is -0.872 e. The Morgan fingerprint density at radius 1 is 0.587 bits per heavy atom. The van der Waals surface area contributed by atoms with Gasteiger partial charge >= 0.3 is 16.5 Å². The number of aromatic amines is 1. The number of hydrogen-bond acceptors (Lipinski definition) is 4. The molecule has 6 aromatic rings. The Balaban J connectivity index is 0.00000338. The molecule has 0 saturated carbocycles. The zero-order valence-corrected chi connectivity index (χ0v) is 26.6. The molecule has 3 aromatic heterocycles. The van der Waals surface area contributed by atoms with Gasteiger partial charge in [0.15, 0.2) is 5.75 Å². The Kier molecular flexibility index (Phi) is 7.91. The third kappa shape index (κ3) is 5.47. The first-order chi connectivity index (χ1) is 22.1. The van der Waals surface area contributed by atoms with Crippen LogP contribution in [0.25, 0.3) is 68.6 Å². The van der Waals surface area contributed by atoms with Gasteiger partial charge in [0.25, 0.3) is 0 Å². The first-order valence-corrected chi connectivity index (χ1v) is 15.2. The fraction of sp³-hybridized carbons (Fsp3) is 0. The predicted molar refractivity (Wildman–Crippen MR) is 182 cm³/mol. The third-order valence-corrected chi connectivity index (χ3v) is 8.55. The van der Waals surface area contributed by atoms with Gasteiger partial charge in [0, 0.05) is 15.6 Å². The summed E-state index contributed by atoms with van der Waals surface area (Å²) < 4.78 is 7.30. The molecule has 0 unspecified atom stereocenters. The van der Waals surface area contributed by atoms with E-state index in [1.807, 2.05) is 85.0 Å². The van der Waals surface area contributed by atoms with Gasteiger partial charge < -0.3 is 19.8 Å². The van der Waals surface area contributed by atoms with Crippen molar-refractivity contribution in [2.24, 2.45) is 0 Å². The van der Waals surface area contributed by atoms with Gasteiger partial charge in [-0.1, -0.05) is 84.9 Å². The van der Waals surface area contributed by atoms with Crippen molar-refractivity contribution in [1.29, 1.82) is 0 Å². The number of fused-ring (bicyclic) bond motifs is 8. The summed E-state index contributed by atoms with van der Waals surface area (Å²) in [5.41, 5.74) is 10.0. The van der Waals surface area contributed by atoms with Gasteiger partial charge in [-0.25, -0.2) is 9.97 Å². The molecule has 0 radical (unpaired) electrons. The molecule has 2 aliphatic rings. The average Bonchev–Trinajstić information content (AvgIpc) is 3.90. The Bertz CT molecular complexity index is 2270. The summed E-state index contributed by atoms with van der Waals surface area (Å²) in [6.45, 7) is 0. The Hall–Kier alpha value is -5.17. The second-order valence-corrected chi connectivity index (χ2v) is 11.4. The molecule has 6 nitrogen and oxygen atoms in total. The minimum absolute atomic E-state index is 0. The van der Waals surface area contributed by atoms with E-state index >= 15 is 0 Å². The number of nitrogens with one attached hydrogen (secondary N) is 1. The Morgan fingerprint density at radius 2 is 1.15 bits per heavy atom. The van der Waals surface area contributed by atoms with Gasteiger partial charge in [-0.2, -0.15) is 0 Å². The van der Waals surface area contributed by atoms with Gasteiger partial charge in [0.1, 0.15) is 11.4 Å². The van der Waals surface area contributed by atoms with Crippen LogP contribution in [-0.4, -0.2) is 15.0 Å². The number of ether oxygens (including phenoxy) is 1. The Labute approximate surface area is 283 Å². The van der Waals surface area contributed by atoms with Crippen molar-refractivity contribution in [3.05, 3.63) is 136 Å². The molecule has 46 heavy (non-hydrogen) atoms. The van der Waals surface area contributed by atoms with Crippen LogP contribution >= 0.6 is 15.9 Å². The van der Waals surface area contributed by atoms with Crippen LogP contribution in [0, 0.1) is 0 Å². The fourth-order valence-electron chi connectivity index (χ4n) is 5.63. The molecule has 3 aromatic carbocycles. The number of nitrogens with zero attached hydrogens (tertiary/aromatic N) is 3. The SMILES string of the molecule is [Ni+2].[O-]c1ccc(Oc2c3nc(c(-c4ccccc4)c4ccc([n-]4)c(Br)c4nc(c(-c5ccccc5)c5ccc2[nH]5)C=C4)C=C3)cc1. The molecule has 0 spiro atoms. The van der Waals surface area contributed by atoms with Crippen LogP contribution in [0.15, 0.2) is 114 Å². The zero-order valence-electron chi connectivity index (χ0n) is 24.1. The van der Waals surface area contributed by atoms with Crippen molar-refractivity contribution in [2.75, 3.05) is 0 Å². The summed E-state index contributed by atoms with van der Waals surface area (Å²) in [6, 6.07) is 34.7. The molecule has 1 N–H and O–H groups in total. The van der Waals surface area contributed by atoms with Crippen LogP contribution in [0.3, 0.4) is 0 Å². The maximum Gasteiger partial charge on any atom is 2.00 e. The van der Waals surface area contributed by atoms with Gasteiger partial charge in [0.05, 0.1) is 22.6 Å². The van der Waals surface area contributed by atoms with Crippen LogP contribution in [0.5, 0.6) is 17.2 Å². The molecule has 224 valence electrons. The number of H-pyrrole nitrogens is 1. The fourth-order valence-corrected chi connectivity index (χ4v) is 6.07. The van der Waals surface area contributed by atoms with E-state index in [4.69, 9.17) is 19.7 Å². The molecule has 8 heteroatoms. The molecule has 5 heterocycles. The van der Waals surface area contributed by atoms with E-state index in [0.29, 0.717) is 17.2 Å².